The van der Waals surface area contributed by atoms with Crippen molar-refractivity contribution in [3.05, 3.63) is 74.6 Å². The highest BCUT2D eigenvalue weighted by Crippen LogP contribution is 2.26. The number of carbonyl (C=O) groups is 2. The summed E-state index contributed by atoms with van der Waals surface area (Å²) in [6.45, 7) is 0. The molecule has 27 heavy (non-hydrogen) atoms. The van der Waals surface area contributed by atoms with Crippen LogP contribution in [0.15, 0.2) is 64.0 Å². The molecule has 0 unspecified atom stereocenters. The number of aromatic nitrogens is 1. The Bertz CT molecular complexity index is 1050. The smallest absolute Gasteiger partial charge is 0.363 e. The number of hydrogen-bond donors (Lipinski definition) is 1. The second kappa shape index (κ2) is 7.83. The van der Waals surface area contributed by atoms with E-state index in [4.69, 9.17) is 4.74 Å². The number of nitrogens with zero attached hydrogens (tertiary/aromatic N) is 1. The van der Waals surface area contributed by atoms with Crippen LogP contribution in [0.2, 0.25) is 0 Å². The Morgan fingerprint density at radius 2 is 1.81 bits per heavy atom. The van der Waals surface area contributed by atoms with Crippen LogP contribution in [-0.2, 0) is 0 Å². The lowest BCUT2D eigenvalue weighted by molar-refractivity contribution is 0.0729. The number of ether oxygens (including phenoxy) is 1. The van der Waals surface area contributed by atoms with Gasteiger partial charge >= 0.3 is 5.97 Å². The Balaban J connectivity index is 1.39. The topological polar surface area (TPSA) is 68.3 Å². The molecule has 0 saturated heterocycles. The first-order chi connectivity index (χ1) is 13.2. The summed E-state index contributed by atoms with van der Waals surface area (Å²) in [6.07, 6.45) is 0. The molecule has 1 N–H and O–H groups in total. The van der Waals surface area contributed by atoms with E-state index in [2.05, 4.69) is 10.3 Å². The highest BCUT2D eigenvalue weighted by molar-refractivity contribution is 7.14. The van der Waals surface area contributed by atoms with Crippen molar-refractivity contribution in [2.45, 2.75) is 0 Å². The van der Waals surface area contributed by atoms with E-state index >= 15 is 0 Å². The van der Waals surface area contributed by atoms with E-state index in [1.54, 1.807) is 47.0 Å². The van der Waals surface area contributed by atoms with Gasteiger partial charge in [0.15, 0.2) is 5.69 Å². The van der Waals surface area contributed by atoms with Crippen molar-refractivity contribution in [2.75, 3.05) is 5.32 Å². The number of rotatable bonds is 5. The van der Waals surface area contributed by atoms with Gasteiger partial charge in [-0.05, 0) is 47.2 Å². The minimum atomic E-state index is -0.511. The number of anilines is 1. The van der Waals surface area contributed by atoms with Crippen LogP contribution in [0.25, 0.3) is 10.6 Å². The molecule has 5 nitrogen and oxygen atoms in total. The van der Waals surface area contributed by atoms with E-state index in [1.165, 1.54) is 22.7 Å². The average molecular weight is 413 g/mol. The molecule has 3 heterocycles. The number of carbonyl (C=O) groups excluding carboxylic acids is 2. The zero-order chi connectivity index (χ0) is 18.6. The molecule has 0 saturated carbocycles. The number of amides is 1. The van der Waals surface area contributed by atoms with Gasteiger partial charge in [-0.1, -0.05) is 6.07 Å². The van der Waals surface area contributed by atoms with Crippen molar-refractivity contribution in [3.8, 4) is 16.3 Å². The number of benzene rings is 1. The van der Waals surface area contributed by atoms with Crippen LogP contribution in [0.4, 0.5) is 5.69 Å². The molecule has 8 heteroatoms. The van der Waals surface area contributed by atoms with Gasteiger partial charge in [-0.3, -0.25) is 4.79 Å². The summed E-state index contributed by atoms with van der Waals surface area (Å²) in [5, 5.41) is 11.1. The monoisotopic (exact) mass is 412 g/mol. The Morgan fingerprint density at radius 1 is 0.963 bits per heavy atom. The summed E-state index contributed by atoms with van der Waals surface area (Å²) in [7, 11) is 0. The molecule has 1 amide bonds. The molecule has 0 bridgehead atoms. The number of thiazole rings is 1. The Kier molecular flexibility index (Phi) is 5.10. The van der Waals surface area contributed by atoms with Crippen LogP contribution in [0.3, 0.4) is 0 Å². The fourth-order valence-corrected chi connectivity index (χ4v) is 4.37. The van der Waals surface area contributed by atoms with Gasteiger partial charge in [0, 0.05) is 22.0 Å². The SMILES string of the molecule is O=C(Oc1ccc(NC(=O)c2cccs2)cc1)c1csc(-c2ccsc2)n1. The van der Waals surface area contributed by atoms with Gasteiger partial charge in [0.1, 0.15) is 10.8 Å². The van der Waals surface area contributed by atoms with E-state index in [0.717, 1.165) is 10.6 Å². The molecule has 0 radical (unpaired) electrons. The predicted molar refractivity (Wildman–Crippen MR) is 109 cm³/mol. The second-order valence-electron chi connectivity index (χ2n) is 5.40. The van der Waals surface area contributed by atoms with Crippen molar-refractivity contribution in [3.63, 3.8) is 0 Å². The van der Waals surface area contributed by atoms with Crippen molar-refractivity contribution >= 4 is 51.6 Å². The Morgan fingerprint density at radius 3 is 2.52 bits per heavy atom. The number of esters is 1. The minimum absolute atomic E-state index is 0.168. The summed E-state index contributed by atoms with van der Waals surface area (Å²) in [6, 6.07) is 12.2. The molecule has 134 valence electrons. The first-order valence-electron chi connectivity index (χ1n) is 7.84. The molecular formula is C19H12N2O3S3. The predicted octanol–water partition coefficient (Wildman–Crippen LogP) is 5.40. The van der Waals surface area contributed by atoms with Crippen molar-refractivity contribution in [1.29, 1.82) is 0 Å². The first kappa shape index (κ1) is 17.6. The summed E-state index contributed by atoms with van der Waals surface area (Å²) in [4.78, 5) is 29.3. The molecule has 1 aromatic carbocycles. The number of nitrogens with one attached hydrogen (secondary N) is 1. The molecule has 0 spiro atoms. The number of hydrogen-bond acceptors (Lipinski definition) is 7. The molecule has 0 aliphatic rings. The van der Waals surface area contributed by atoms with Gasteiger partial charge in [0.05, 0.1) is 4.88 Å². The maximum Gasteiger partial charge on any atom is 0.363 e. The summed E-state index contributed by atoms with van der Waals surface area (Å²) < 4.78 is 5.36. The van der Waals surface area contributed by atoms with Crippen molar-refractivity contribution in [1.82, 2.24) is 4.98 Å². The van der Waals surface area contributed by atoms with Gasteiger partial charge in [0.2, 0.25) is 0 Å². The van der Waals surface area contributed by atoms with Crippen LogP contribution >= 0.6 is 34.0 Å². The van der Waals surface area contributed by atoms with Gasteiger partial charge in [-0.2, -0.15) is 11.3 Å². The largest absolute Gasteiger partial charge is 0.422 e. The average Bonchev–Trinajstić information content (AvgIpc) is 3.43. The molecule has 4 aromatic rings. The second-order valence-corrected chi connectivity index (χ2v) is 7.98. The highest BCUT2D eigenvalue weighted by atomic mass is 32.1. The molecule has 0 aliphatic heterocycles. The van der Waals surface area contributed by atoms with Gasteiger partial charge in [0.25, 0.3) is 5.91 Å². The maximum atomic E-state index is 12.3. The molecule has 0 aliphatic carbocycles. The zero-order valence-electron chi connectivity index (χ0n) is 13.7. The quantitative estimate of drug-likeness (QED) is 0.352. The first-order valence-corrected chi connectivity index (χ1v) is 10.5. The van der Waals surface area contributed by atoms with Crippen molar-refractivity contribution < 1.29 is 14.3 Å². The van der Waals surface area contributed by atoms with Crippen LogP contribution in [0, 0.1) is 0 Å². The fourth-order valence-electron chi connectivity index (χ4n) is 2.25. The molecule has 4 rings (SSSR count). The van der Waals surface area contributed by atoms with Crippen LogP contribution < -0.4 is 10.1 Å². The third-order valence-electron chi connectivity index (χ3n) is 3.55. The van der Waals surface area contributed by atoms with E-state index in [9.17, 15) is 9.59 Å². The van der Waals surface area contributed by atoms with Crippen LogP contribution in [0.1, 0.15) is 20.2 Å². The van der Waals surface area contributed by atoms with Crippen LogP contribution in [0.5, 0.6) is 5.75 Å². The van der Waals surface area contributed by atoms with Crippen molar-refractivity contribution in [2.24, 2.45) is 0 Å². The lowest BCUT2D eigenvalue weighted by Gasteiger charge is -2.06. The Hall–Kier alpha value is -2.81. The van der Waals surface area contributed by atoms with Gasteiger partial charge < -0.3 is 10.1 Å². The fraction of sp³-hybridized carbons (Fsp3) is 0. The highest BCUT2D eigenvalue weighted by Gasteiger charge is 2.14. The summed E-state index contributed by atoms with van der Waals surface area (Å²) in [5.74, 6) is -0.291. The zero-order valence-corrected chi connectivity index (χ0v) is 16.2. The maximum absolute atomic E-state index is 12.3. The van der Waals surface area contributed by atoms with E-state index in [1.807, 2.05) is 28.3 Å². The Labute approximate surface area is 166 Å². The normalized spacial score (nSPS) is 10.5. The lowest BCUT2D eigenvalue weighted by atomic mass is 10.3. The van der Waals surface area contributed by atoms with E-state index < -0.39 is 5.97 Å². The summed E-state index contributed by atoms with van der Waals surface area (Å²) >= 11 is 4.36. The van der Waals surface area contributed by atoms with Crippen LogP contribution in [-0.4, -0.2) is 16.9 Å². The third-order valence-corrected chi connectivity index (χ3v) is 5.99. The molecule has 0 fully saturated rings. The molecule has 0 atom stereocenters. The third kappa shape index (κ3) is 4.13. The standard InChI is InChI=1S/C19H12N2O3S3/c22-17(16-2-1-8-26-16)20-13-3-5-14(6-4-13)24-19(23)15-11-27-18(21-15)12-7-9-25-10-12/h1-11H,(H,20,22). The van der Waals surface area contributed by atoms with Gasteiger partial charge in [-0.25, -0.2) is 9.78 Å². The lowest BCUT2D eigenvalue weighted by Crippen LogP contribution is -2.11. The minimum Gasteiger partial charge on any atom is -0.422 e. The van der Waals surface area contributed by atoms with E-state index in [-0.39, 0.29) is 11.6 Å². The van der Waals surface area contributed by atoms with Gasteiger partial charge in [-0.15, -0.1) is 22.7 Å². The number of thiophene rings is 2. The van der Waals surface area contributed by atoms with E-state index in [0.29, 0.717) is 16.3 Å². The summed E-state index contributed by atoms with van der Waals surface area (Å²) in [5.41, 5.74) is 1.90. The molecular weight excluding hydrogens is 400 g/mol. The molecule has 3 aromatic heterocycles.